The van der Waals surface area contributed by atoms with Crippen LogP contribution in [0.4, 0.5) is 0 Å². The van der Waals surface area contributed by atoms with Gasteiger partial charge in [0.25, 0.3) is 0 Å². The molecular weight excluding hydrogens is 190 g/mol. The molecule has 3 atom stereocenters. The lowest BCUT2D eigenvalue weighted by Gasteiger charge is -2.25. The lowest BCUT2D eigenvalue weighted by molar-refractivity contribution is -0.0615. The molecule has 0 aromatic carbocycles. The molecule has 3 unspecified atom stereocenters. The molecule has 0 amide bonds. The molecule has 1 aliphatic heterocycles. The first-order valence-corrected chi connectivity index (χ1v) is 6.13. The molecular formula is C12H25NO2. The highest BCUT2D eigenvalue weighted by Crippen LogP contribution is 2.14. The number of hydrogen-bond acceptors (Lipinski definition) is 3. The Labute approximate surface area is 93.5 Å². The standard InChI is InChI=1S/C12H25NO2/c1-10(13-3)8-11(2)15-9-12-6-4-5-7-14-12/h10-13H,4-9H2,1-3H3. The van der Waals surface area contributed by atoms with Crippen molar-refractivity contribution >= 4 is 0 Å². The van der Waals surface area contributed by atoms with Crippen molar-refractivity contribution in [2.24, 2.45) is 0 Å². The molecule has 0 saturated carbocycles. The SMILES string of the molecule is CNC(C)CC(C)OCC1CCCCO1. The van der Waals surface area contributed by atoms with Crippen LogP contribution in [0.15, 0.2) is 0 Å². The first-order chi connectivity index (χ1) is 7.22. The van der Waals surface area contributed by atoms with Crippen molar-refractivity contribution in [3.8, 4) is 0 Å². The average Bonchev–Trinajstić information content (AvgIpc) is 2.27. The fraction of sp³-hybridized carbons (Fsp3) is 1.00. The van der Waals surface area contributed by atoms with Gasteiger partial charge in [-0.15, -0.1) is 0 Å². The highest BCUT2D eigenvalue weighted by Gasteiger charge is 2.15. The second-order valence-electron chi connectivity index (χ2n) is 4.56. The van der Waals surface area contributed by atoms with Gasteiger partial charge in [-0.1, -0.05) is 0 Å². The van der Waals surface area contributed by atoms with Crippen molar-refractivity contribution in [1.82, 2.24) is 5.32 Å². The maximum absolute atomic E-state index is 5.79. The van der Waals surface area contributed by atoms with Crippen LogP contribution < -0.4 is 5.32 Å². The van der Waals surface area contributed by atoms with E-state index in [2.05, 4.69) is 19.2 Å². The fourth-order valence-corrected chi connectivity index (χ4v) is 1.89. The third-order valence-corrected chi connectivity index (χ3v) is 3.02. The zero-order valence-corrected chi connectivity index (χ0v) is 10.3. The van der Waals surface area contributed by atoms with Crippen LogP contribution in [0.3, 0.4) is 0 Å². The molecule has 1 heterocycles. The molecule has 0 spiro atoms. The summed E-state index contributed by atoms with van der Waals surface area (Å²) in [7, 11) is 1.99. The molecule has 0 aromatic rings. The van der Waals surface area contributed by atoms with E-state index in [0.29, 0.717) is 18.2 Å². The van der Waals surface area contributed by atoms with Gasteiger partial charge in [0.05, 0.1) is 18.8 Å². The van der Waals surface area contributed by atoms with Gasteiger partial charge in [0.15, 0.2) is 0 Å². The van der Waals surface area contributed by atoms with Crippen LogP contribution in [0.2, 0.25) is 0 Å². The van der Waals surface area contributed by atoms with E-state index in [-0.39, 0.29) is 0 Å². The molecule has 0 bridgehead atoms. The topological polar surface area (TPSA) is 30.5 Å². The van der Waals surface area contributed by atoms with E-state index in [1.54, 1.807) is 0 Å². The van der Waals surface area contributed by atoms with Crippen molar-refractivity contribution in [2.45, 2.75) is 57.8 Å². The van der Waals surface area contributed by atoms with Gasteiger partial charge in [-0.05, 0) is 46.6 Å². The second-order valence-corrected chi connectivity index (χ2v) is 4.56. The minimum atomic E-state index is 0.318. The molecule has 90 valence electrons. The third-order valence-electron chi connectivity index (χ3n) is 3.02. The van der Waals surface area contributed by atoms with E-state index in [0.717, 1.165) is 26.1 Å². The van der Waals surface area contributed by atoms with Crippen LogP contribution in [0.5, 0.6) is 0 Å². The van der Waals surface area contributed by atoms with Crippen LogP contribution in [0, 0.1) is 0 Å². The Morgan fingerprint density at radius 1 is 1.40 bits per heavy atom. The van der Waals surface area contributed by atoms with E-state index in [1.807, 2.05) is 7.05 Å². The van der Waals surface area contributed by atoms with Gasteiger partial charge >= 0.3 is 0 Å². The van der Waals surface area contributed by atoms with E-state index in [4.69, 9.17) is 9.47 Å². The molecule has 1 fully saturated rings. The zero-order valence-electron chi connectivity index (χ0n) is 10.3. The van der Waals surface area contributed by atoms with E-state index >= 15 is 0 Å². The monoisotopic (exact) mass is 215 g/mol. The summed E-state index contributed by atoms with van der Waals surface area (Å²) in [5.41, 5.74) is 0. The number of ether oxygens (including phenoxy) is 2. The fourth-order valence-electron chi connectivity index (χ4n) is 1.89. The molecule has 1 aliphatic rings. The molecule has 0 aromatic heterocycles. The molecule has 1 rings (SSSR count). The molecule has 1 N–H and O–H groups in total. The van der Waals surface area contributed by atoms with E-state index in [1.165, 1.54) is 12.8 Å². The normalized spacial score (nSPS) is 26.2. The van der Waals surface area contributed by atoms with E-state index < -0.39 is 0 Å². The van der Waals surface area contributed by atoms with Crippen molar-refractivity contribution in [2.75, 3.05) is 20.3 Å². The summed E-state index contributed by atoms with van der Waals surface area (Å²) in [5.74, 6) is 0. The smallest absolute Gasteiger partial charge is 0.0808 e. The summed E-state index contributed by atoms with van der Waals surface area (Å²) >= 11 is 0. The van der Waals surface area contributed by atoms with Gasteiger partial charge in [-0.25, -0.2) is 0 Å². The summed E-state index contributed by atoms with van der Waals surface area (Å²) in [5, 5.41) is 3.22. The molecule has 15 heavy (non-hydrogen) atoms. The second kappa shape index (κ2) is 7.20. The van der Waals surface area contributed by atoms with Crippen LogP contribution in [0.25, 0.3) is 0 Å². The Balaban J connectivity index is 2.07. The number of rotatable bonds is 6. The summed E-state index contributed by atoms with van der Waals surface area (Å²) in [6.07, 6.45) is 5.37. The molecule has 3 nitrogen and oxygen atoms in total. The Morgan fingerprint density at radius 2 is 2.20 bits per heavy atom. The maximum Gasteiger partial charge on any atom is 0.0808 e. The molecule has 0 aliphatic carbocycles. The lowest BCUT2D eigenvalue weighted by Crippen LogP contribution is -2.30. The zero-order chi connectivity index (χ0) is 11.1. The Morgan fingerprint density at radius 3 is 2.80 bits per heavy atom. The number of hydrogen-bond donors (Lipinski definition) is 1. The quantitative estimate of drug-likeness (QED) is 0.734. The van der Waals surface area contributed by atoms with Crippen LogP contribution in [-0.4, -0.2) is 38.5 Å². The van der Waals surface area contributed by atoms with Crippen molar-refractivity contribution < 1.29 is 9.47 Å². The van der Waals surface area contributed by atoms with Gasteiger partial charge in [0.1, 0.15) is 0 Å². The van der Waals surface area contributed by atoms with Gasteiger partial charge in [0, 0.05) is 12.6 Å². The Hall–Kier alpha value is -0.120. The van der Waals surface area contributed by atoms with Gasteiger partial charge in [-0.2, -0.15) is 0 Å². The third kappa shape index (κ3) is 5.50. The van der Waals surface area contributed by atoms with Crippen molar-refractivity contribution in [1.29, 1.82) is 0 Å². The van der Waals surface area contributed by atoms with Crippen LogP contribution in [-0.2, 0) is 9.47 Å². The van der Waals surface area contributed by atoms with E-state index in [9.17, 15) is 0 Å². The minimum absolute atomic E-state index is 0.318. The van der Waals surface area contributed by atoms with Crippen LogP contribution >= 0.6 is 0 Å². The lowest BCUT2D eigenvalue weighted by atomic mass is 10.1. The number of nitrogens with one attached hydrogen (secondary N) is 1. The Bertz CT molecular complexity index is 158. The molecule has 1 saturated heterocycles. The maximum atomic E-state index is 5.79. The van der Waals surface area contributed by atoms with Crippen LogP contribution in [0.1, 0.15) is 39.5 Å². The van der Waals surface area contributed by atoms with Crippen molar-refractivity contribution in [3.63, 3.8) is 0 Å². The highest BCUT2D eigenvalue weighted by atomic mass is 16.5. The molecule has 3 heteroatoms. The predicted octanol–water partition coefficient (Wildman–Crippen LogP) is 1.96. The van der Waals surface area contributed by atoms with Gasteiger partial charge < -0.3 is 14.8 Å². The van der Waals surface area contributed by atoms with Crippen molar-refractivity contribution in [3.05, 3.63) is 0 Å². The highest BCUT2D eigenvalue weighted by molar-refractivity contribution is 4.66. The minimum Gasteiger partial charge on any atom is -0.376 e. The first-order valence-electron chi connectivity index (χ1n) is 6.13. The van der Waals surface area contributed by atoms with Gasteiger partial charge in [-0.3, -0.25) is 0 Å². The predicted molar refractivity (Wildman–Crippen MR) is 62.1 cm³/mol. The van der Waals surface area contributed by atoms with Gasteiger partial charge in [0.2, 0.25) is 0 Å². The summed E-state index contributed by atoms with van der Waals surface area (Å²) in [4.78, 5) is 0. The summed E-state index contributed by atoms with van der Waals surface area (Å²) < 4.78 is 11.4. The largest absolute Gasteiger partial charge is 0.376 e. The average molecular weight is 215 g/mol. The Kier molecular flexibility index (Phi) is 6.22. The molecule has 0 radical (unpaired) electrons. The summed E-state index contributed by atoms with van der Waals surface area (Å²) in [6.45, 7) is 5.99. The first kappa shape index (κ1) is 12.9. The summed E-state index contributed by atoms with van der Waals surface area (Å²) in [6, 6.07) is 0.521.